The van der Waals surface area contributed by atoms with E-state index >= 15 is 0 Å². The van der Waals surface area contributed by atoms with Crippen molar-refractivity contribution < 1.29 is 28.7 Å². The summed E-state index contributed by atoms with van der Waals surface area (Å²) < 4.78 is 9.65. The molecule has 10 rings (SSSR count). The zero-order chi connectivity index (χ0) is 43.1. The Morgan fingerprint density at radius 2 is 0.968 bits per heavy atom. The van der Waals surface area contributed by atoms with Crippen molar-refractivity contribution in [3.63, 3.8) is 0 Å². The summed E-state index contributed by atoms with van der Waals surface area (Å²) >= 11 is 0. The number of hydrogen-bond donors (Lipinski definition) is 4. The molecule has 8 atom stereocenters. The Kier molecular flexibility index (Phi) is 9.71. The van der Waals surface area contributed by atoms with E-state index in [2.05, 4.69) is 81.3 Å². The highest BCUT2D eigenvalue weighted by Gasteiger charge is 2.57. The Balaban J connectivity index is 0.868. The van der Waals surface area contributed by atoms with Crippen LogP contribution in [-0.4, -0.2) is 92.1 Å². The average Bonchev–Trinajstić information content (AvgIpc) is 3.93. The number of imidazole rings is 2. The van der Waals surface area contributed by atoms with Crippen LogP contribution >= 0.6 is 0 Å². The first-order valence-corrected chi connectivity index (χ1v) is 21.8. The number of carbonyl (C=O) groups is 4. The van der Waals surface area contributed by atoms with Crippen LogP contribution in [0.1, 0.15) is 77.1 Å². The lowest BCUT2D eigenvalue weighted by Gasteiger charge is -2.31. The first-order valence-electron chi connectivity index (χ1n) is 21.8. The maximum Gasteiger partial charge on any atom is 0.407 e. The number of benzene rings is 4. The van der Waals surface area contributed by atoms with Crippen LogP contribution in [0, 0.1) is 23.7 Å². The summed E-state index contributed by atoms with van der Waals surface area (Å²) in [6.45, 7) is 7.71. The van der Waals surface area contributed by atoms with Gasteiger partial charge in [0.15, 0.2) is 0 Å². The van der Waals surface area contributed by atoms with E-state index in [4.69, 9.17) is 19.4 Å². The van der Waals surface area contributed by atoms with E-state index < -0.39 is 24.3 Å². The van der Waals surface area contributed by atoms with Crippen molar-refractivity contribution in [1.29, 1.82) is 0 Å². The van der Waals surface area contributed by atoms with E-state index in [1.54, 1.807) is 0 Å². The average molecular weight is 837 g/mol. The van der Waals surface area contributed by atoms with Gasteiger partial charge in [-0.1, -0.05) is 64.1 Å². The highest BCUT2D eigenvalue weighted by Crippen LogP contribution is 2.54. The fraction of sp³-hybridized carbons (Fsp3) is 0.417. The van der Waals surface area contributed by atoms with Crippen molar-refractivity contribution >= 4 is 56.8 Å². The Morgan fingerprint density at radius 3 is 1.35 bits per heavy atom. The topological polar surface area (TPSA) is 175 Å². The molecule has 4 N–H and O–H groups in total. The van der Waals surface area contributed by atoms with Crippen LogP contribution in [0.2, 0.25) is 0 Å². The number of fused-ring (bicyclic) bond motifs is 5. The highest BCUT2D eigenvalue weighted by molar-refractivity contribution is 5.94. The summed E-state index contributed by atoms with van der Waals surface area (Å²) in [6, 6.07) is 24.1. The number of nitrogens with one attached hydrogen (secondary N) is 4. The number of rotatable bonds is 10. The van der Waals surface area contributed by atoms with Crippen LogP contribution < -0.4 is 10.6 Å². The molecule has 2 aliphatic heterocycles. The van der Waals surface area contributed by atoms with Crippen molar-refractivity contribution in [1.82, 2.24) is 40.4 Å². The second-order valence-corrected chi connectivity index (χ2v) is 18.3. The van der Waals surface area contributed by atoms with Crippen LogP contribution in [0.25, 0.3) is 55.1 Å². The zero-order valence-electron chi connectivity index (χ0n) is 35.8. The molecule has 2 aliphatic carbocycles. The molecule has 0 bridgehead atoms. The van der Waals surface area contributed by atoms with E-state index in [1.165, 1.54) is 14.2 Å². The van der Waals surface area contributed by atoms with Crippen molar-refractivity contribution in [2.75, 3.05) is 14.2 Å². The number of amides is 4. The van der Waals surface area contributed by atoms with Crippen LogP contribution in [0.5, 0.6) is 0 Å². The molecule has 4 aliphatic rings. The Hall–Kier alpha value is -6.44. The number of likely N-dealkylation sites (tertiary alicyclic amines) is 2. The minimum atomic E-state index is -0.681. The summed E-state index contributed by atoms with van der Waals surface area (Å²) in [5.74, 6) is 2.03. The summed E-state index contributed by atoms with van der Waals surface area (Å²) in [4.78, 5) is 73.0. The van der Waals surface area contributed by atoms with Gasteiger partial charge >= 0.3 is 12.2 Å². The van der Waals surface area contributed by atoms with Gasteiger partial charge in [0, 0.05) is 12.1 Å². The predicted molar refractivity (Wildman–Crippen MR) is 235 cm³/mol. The van der Waals surface area contributed by atoms with E-state index in [0.717, 1.165) is 92.4 Å². The number of hydrogen-bond acceptors (Lipinski definition) is 8. The molecular formula is C48H52N8O6. The van der Waals surface area contributed by atoms with Crippen molar-refractivity contribution in [3.8, 4) is 22.3 Å². The van der Waals surface area contributed by atoms with Crippen molar-refractivity contribution in [2.24, 2.45) is 23.7 Å². The SMILES string of the molecule is COC(=O)NC(C(=O)N1[C@@H]2C[C@@H]2C[C@H]1c1nc2ccc(-c3ccc4cc(-c5ccc6nc([C@@H]7C[C@H]8C[C@H]8N7C(=O)[C@@H](NC(=O)OC)C(C)C)[nH]c6c5)ccc4c3)cc2[nH]1)C(C)C. The van der Waals surface area contributed by atoms with Gasteiger partial charge in [-0.25, -0.2) is 19.6 Å². The number of carbonyl (C=O) groups excluding carboxylic acids is 4. The number of methoxy groups -OCH3 is 2. The van der Waals surface area contributed by atoms with Gasteiger partial charge < -0.3 is 39.9 Å². The fourth-order valence-electron chi connectivity index (χ4n) is 10.1. The molecule has 4 amide bonds. The maximum atomic E-state index is 13.9. The van der Waals surface area contributed by atoms with E-state index in [9.17, 15) is 19.2 Å². The third kappa shape index (κ3) is 6.98. The summed E-state index contributed by atoms with van der Waals surface area (Å²) in [7, 11) is 2.61. The standard InChI is InChI=1S/C48H52N8O6/c1-23(2)41(53-47(59)61-5)45(57)55-37-19-31(37)21-39(55)43-49-33-13-11-29(17-35(33)51-43)27-9-7-26-16-28(10-8-25(26)15-27)30-12-14-34-36(18-30)52-44(50-34)40-22-32-20-38(32)56(40)46(58)42(24(3)4)54-48(60)62-6/h7-18,23-24,31-32,37-42H,19-22H2,1-6H3,(H,49,51)(H,50,52)(H,53,59)(H,54,60)/t31-,32-,37-,38-,39+,40+,41+,42?/m1/s1. The summed E-state index contributed by atoms with van der Waals surface area (Å²) in [5, 5.41) is 7.74. The third-order valence-electron chi connectivity index (χ3n) is 13.6. The van der Waals surface area contributed by atoms with Crippen LogP contribution in [0.15, 0.2) is 72.8 Å². The lowest BCUT2D eigenvalue weighted by atomic mass is 9.97. The van der Waals surface area contributed by atoms with Crippen molar-refractivity contribution in [3.05, 3.63) is 84.4 Å². The number of nitrogens with zero attached hydrogens (tertiary/aromatic N) is 4. The second kappa shape index (κ2) is 15.2. The van der Waals surface area contributed by atoms with Gasteiger partial charge in [-0.05, 0) is 119 Å². The van der Waals surface area contributed by atoms with E-state index in [-0.39, 0.29) is 47.8 Å². The number of ether oxygens (including phenoxy) is 2. The lowest BCUT2D eigenvalue weighted by Crippen LogP contribution is -2.52. The quantitative estimate of drug-likeness (QED) is 0.107. The minimum Gasteiger partial charge on any atom is -0.453 e. The monoisotopic (exact) mass is 836 g/mol. The molecule has 6 aromatic rings. The molecule has 2 aromatic heterocycles. The molecule has 2 saturated carbocycles. The Labute approximate surface area is 359 Å². The molecule has 62 heavy (non-hydrogen) atoms. The normalized spacial score (nSPS) is 23.4. The molecule has 2 saturated heterocycles. The van der Waals surface area contributed by atoms with Gasteiger partial charge in [0.05, 0.1) is 48.4 Å². The Morgan fingerprint density at radius 1 is 0.581 bits per heavy atom. The molecule has 320 valence electrons. The molecule has 14 heteroatoms. The van der Waals surface area contributed by atoms with Gasteiger partial charge in [-0.15, -0.1) is 0 Å². The van der Waals surface area contributed by atoms with Crippen LogP contribution in [-0.2, 0) is 19.1 Å². The van der Waals surface area contributed by atoms with E-state index in [1.807, 2.05) is 49.6 Å². The number of aromatic amines is 2. The van der Waals surface area contributed by atoms with Gasteiger partial charge in [-0.3, -0.25) is 9.59 Å². The summed E-state index contributed by atoms with van der Waals surface area (Å²) in [6.07, 6.45) is 2.42. The van der Waals surface area contributed by atoms with Crippen LogP contribution in [0.3, 0.4) is 0 Å². The van der Waals surface area contributed by atoms with Gasteiger partial charge in [-0.2, -0.15) is 0 Å². The summed E-state index contributed by atoms with van der Waals surface area (Å²) in [5.41, 5.74) is 7.78. The van der Waals surface area contributed by atoms with Gasteiger partial charge in [0.2, 0.25) is 11.8 Å². The number of alkyl carbamates (subject to hydrolysis) is 2. The largest absolute Gasteiger partial charge is 0.453 e. The zero-order valence-corrected chi connectivity index (χ0v) is 35.8. The Bertz CT molecular complexity index is 2590. The number of aromatic nitrogens is 4. The first kappa shape index (κ1) is 39.7. The molecule has 0 radical (unpaired) electrons. The predicted octanol–water partition coefficient (Wildman–Crippen LogP) is 8.01. The first-order chi connectivity index (χ1) is 29.9. The molecule has 4 fully saturated rings. The third-order valence-corrected chi connectivity index (χ3v) is 13.6. The number of H-pyrrole nitrogens is 2. The molecule has 1 unspecified atom stereocenters. The second-order valence-electron chi connectivity index (χ2n) is 18.3. The minimum absolute atomic E-state index is 0.0956. The van der Waals surface area contributed by atoms with E-state index in [0.29, 0.717) is 11.8 Å². The number of piperidine rings is 2. The maximum absolute atomic E-state index is 13.9. The molecule has 4 aromatic carbocycles. The fourth-order valence-corrected chi connectivity index (χ4v) is 10.1. The lowest BCUT2D eigenvalue weighted by molar-refractivity contribution is -0.137. The van der Waals surface area contributed by atoms with Gasteiger partial charge in [0.1, 0.15) is 23.7 Å². The van der Waals surface area contributed by atoms with Crippen LogP contribution in [0.4, 0.5) is 9.59 Å². The van der Waals surface area contributed by atoms with Crippen molar-refractivity contribution in [2.45, 2.75) is 89.6 Å². The van der Waals surface area contributed by atoms with Gasteiger partial charge in [0.25, 0.3) is 0 Å². The molecule has 14 nitrogen and oxygen atoms in total. The molecule has 4 heterocycles. The molecular weight excluding hydrogens is 785 g/mol. The highest BCUT2D eigenvalue weighted by atomic mass is 16.5. The molecule has 0 spiro atoms. The smallest absolute Gasteiger partial charge is 0.407 e.